The molecule has 3 aliphatic carbocycles. The van der Waals surface area contributed by atoms with Gasteiger partial charge in [-0.3, -0.25) is 4.79 Å². The molecule has 13 nitrogen and oxygen atoms in total. The van der Waals surface area contributed by atoms with Crippen LogP contribution in [0.4, 0.5) is 55.9 Å². The molecule has 24 heteroatoms. The number of benzene rings is 1. The van der Waals surface area contributed by atoms with E-state index in [9.17, 15) is 49.1 Å². The van der Waals surface area contributed by atoms with Crippen LogP contribution in [0.15, 0.2) is 36.4 Å². The summed E-state index contributed by atoms with van der Waals surface area (Å²) in [5.74, 6) is 0.0992. The summed E-state index contributed by atoms with van der Waals surface area (Å²) in [6.45, 7) is 10.4. The van der Waals surface area contributed by atoms with E-state index in [0.717, 1.165) is 23.8 Å². The highest BCUT2D eigenvalue weighted by Gasteiger charge is 2.43. The molecule has 392 valence electrons. The number of anilines is 2. The molecule has 71 heavy (non-hydrogen) atoms. The monoisotopic (exact) mass is 1060 g/mol. The number of alkyl carbamates (subject to hydrolysis) is 1. The van der Waals surface area contributed by atoms with Crippen LogP contribution in [0.5, 0.6) is 11.5 Å². The molecule has 7 rings (SSSR count). The van der Waals surface area contributed by atoms with Crippen LogP contribution in [0.2, 0.25) is 5.15 Å². The van der Waals surface area contributed by atoms with Gasteiger partial charge in [0.15, 0.2) is 0 Å². The first kappa shape index (κ1) is 58.1. The van der Waals surface area contributed by atoms with Crippen LogP contribution < -0.4 is 31.6 Å². The number of carbonyl (C=O) groups is 2. The number of fused-ring (bicyclic) bond motifs is 3. The Hall–Kier alpha value is -5.48. The van der Waals surface area contributed by atoms with Crippen molar-refractivity contribution in [1.82, 2.24) is 20.3 Å². The lowest BCUT2D eigenvalue weighted by Crippen LogP contribution is -2.34. The second-order valence-electron chi connectivity index (χ2n) is 18.7. The van der Waals surface area contributed by atoms with Crippen LogP contribution in [0.3, 0.4) is 0 Å². The van der Waals surface area contributed by atoms with Crippen LogP contribution in [0, 0.1) is 0 Å². The normalized spacial score (nSPS) is 17.2. The van der Waals surface area contributed by atoms with Gasteiger partial charge in [-0.25, -0.2) is 19.7 Å². The number of carbonyl (C=O) groups excluding carboxylic acids is 2. The lowest BCUT2D eigenvalue weighted by molar-refractivity contribution is -0.155. The van der Waals surface area contributed by atoms with Gasteiger partial charge in [-0.15, -0.1) is 12.4 Å². The minimum Gasteiger partial charge on any atom is -0.497 e. The number of nitrogen functional groups attached to an aromatic ring is 1. The molecule has 0 fully saturated rings. The van der Waals surface area contributed by atoms with Crippen molar-refractivity contribution >= 4 is 47.7 Å². The van der Waals surface area contributed by atoms with Gasteiger partial charge < -0.3 is 41.0 Å². The Kier molecular flexibility index (Phi) is 18.4. The second-order valence-corrected chi connectivity index (χ2v) is 19.0. The third kappa shape index (κ3) is 15.5. The summed E-state index contributed by atoms with van der Waals surface area (Å²) in [7, 11) is 3.05. The summed E-state index contributed by atoms with van der Waals surface area (Å²) in [6, 6.07) is 6.52. The summed E-state index contributed by atoms with van der Waals surface area (Å²) in [5, 5.41) is 5.25. The summed E-state index contributed by atoms with van der Waals surface area (Å²) in [4.78, 5) is 36.3. The Morgan fingerprint density at radius 3 is 1.83 bits per heavy atom. The van der Waals surface area contributed by atoms with Crippen molar-refractivity contribution in [3.05, 3.63) is 97.6 Å². The molecule has 0 bridgehead atoms. The van der Waals surface area contributed by atoms with E-state index in [2.05, 4.69) is 25.6 Å². The van der Waals surface area contributed by atoms with Gasteiger partial charge in [-0.05, 0) is 122 Å². The Balaban J connectivity index is 0.000000248. The van der Waals surface area contributed by atoms with Gasteiger partial charge >= 0.3 is 30.6 Å². The Morgan fingerprint density at radius 2 is 1.25 bits per heavy atom. The van der Waals surface area contributed by atoms with E-state index in [1.807, 2.05) is 0 Å². The average Bonchev–Trinajstić information content (AvgIpc) is 3.93. The fourth-order valence-corrected chi connectivity index (χ4v) is 8.53. The lowest BCUT2D eigenvalue weighted by atomic mass is 9.94. The molecule has 3 unspecified atom stereocenters. The number of aromatic nitrogens is 3. The van der Waals surface area contributed by atoms with Crippen molar-refractivity contribution in [2.45, 2.75) is 141 Å². The maximum atomic E-state index is 14.0. The molecule has 0 aliphatic heterocycles. The molecule has 3 heterocycles. The fraction of sp³-hybridized carbons (Fsp3) is 0.511. The van der Waals surface area contributed by atoms with Crippen LogP contribution >= 0.6 is 24.0 Å². The van der Waals surface area contributed by atoms with Crippen molar-refractivity contribution in [2.24, 2.45) is 5.73 Å². The van der Waals surface area contributed by atoms with E-state index >= 15 is 0 Å². The number of amides is 1. The van der Waals surface area contributed by atoms with Crippen LogP contribution in [-0.4, -0.2) is 52.4 Å². The number of nitrogens with zero attached hydrogens (tertiary/aromatic N) is 3. The maximum absolute atomic E-state index is 14.0. The van der Waals surface area contributed by atoms with E-state index in [0.29, 0.717) is 61.4 Å². The van der Waals surface area contributed by atoms with Crippen molar-refractivity contribution < 1.29 is 68.1 Å². The van der Waals surface area contributed by atoms with Gasteiger partial charge in [-0.1, -0.05) is 11.6 Å². The molecular formula is C47H56Cl2F9N7O6. The van der Waals surface area contributed by atoms with E-state index in [-0.39, 0.29) is 64.5 Å². The minimum absolute atomic E-state index is 0. The van der Waals surface area contributed by atoms with E-state index < -0.39 is 76.5 Å². The maximum Gasteiger partial charge on any atom is 0.416 e. The first-order valence-electron chi connectivity index (χ1n) is 21.9. The average molecular weight is 1060 g/mol. The minimum atomic E-state index is -4.57. The molecule has 4 aromatic rings. The molecule has 0 saturated heterocycles. The Morgan fingerprint density at radius 1 is 0.704 bits per heavy atom. The smallest absolute Gasteiger partial charge is 0.416 e. The molecule has 6 N–H and O–H groups in total. The number of methoxy groups -OCH3 is 2. The third-order valence-corrected chi connectivity index (χ3v) is 11.2. The summed E-state index contributed by atoms with van der Waals surface area (Å²) >= 11 is 5.65. The predicted octanol–water partition coefficient (Wildman–Crippen LogP) is 11.8. The van der Waals surface area contributed by atoms with Crippen molar-refractivity contribution in [1.29, 1.82) is 0 Å². The summed E-state index contributed by atoms with van der Waals surface area (Å²) < 4.78 is 140. The number of ether oxygens (including phenoxy) is 4. The molecule has 1 aromatic carbocycles. The number of alkyl halides is 9. The second kappa shape index (κ2) is 22.5. The van der Waals surface area contributed by atoms with E-state index in [4.69, 9.17) is 42.0 Å². The number of aryl methyl sites for hydroxylation is 3. The molecule has 0 spiro atoms. The highest BCUT2D eigenvalue weighted by molar-refractivity contribution is 6.29. The number of esters is 1. The molecular weight excluding hydrogens is 1000 g/mol. The Bertz CT molecular complexity index is 2550. The topological polar surface area (TPSA) is 186 Å². The number of nitrogens with one attached hydrogen (secondary N) is 2. The number of pyridine rings is 3. The number of rotatable bonds is 8. The van der Waals surface area contributed by atoms with E-state index in [1.54, 1.807) is 59.7 Å². The van der Waals surface area contributed by atoms with Crippen LogP contribution in [0.1, 0.15) is 141 Å². The highest BCUT2D eigenvalue weighted by atomic mass is 35.5. The van der Waals surface area contributed by atoms with Gasteiger partial charge in [0.2, 0.25) is 0 Å². The number of halogens is 11. The van der Waals surface area contributed by atoms with Crippen molar-refractivity contribution in [2.75, 3.05) is 25.3 Å². The molecule has 3 aromatic heterocycles. The lowest BCUT2D eigenvalue weighted by Gasteiger charge is -2.23. The van der Waals surface area contributed by atoms with Crippen molar-refractivity contribution in [3.8, 4) is 11.5 Å². The van der Waals surface area contributed by atoms with Gasteiger partial charge in [0.25, 0.3) is 0 Å². The van der Waals surface area contributed by atoms with Gasteiger partial charge in [0.1, 0.15) is 39.5 Å². The fourth-order valence-electron chi connectivity index (χ4n) is 8.32. The zero-order valence-corrected chi connectivity index (χ0v) is 41.6. The summed E-state index contributed by atoms with van der Waals surface area (Å²) in [5.41, 5.74) is 9.09. The zero-order chi connectivity index (χ0) is 52.3. The van der Waals surface area contributed by atoms with Gasteiger partial charge in [0, 0.05) is 52.4 Å². The predicted molar refractivity (Wildman–Crippen MR) is 248 cm³/mol. The quantitative estimate of drug-likeness (QED) is 0.0744. The summed E-state index contributed by atoms with van der Waals surface area (Å²) in [6.07, 6.45) is -12.0. The van der Waals surface area contributed by atoms with Gasteiger partial charge in [-0.2, -0.15) is 39.5 Å². The zero-order valence-electron chi connectivity index (χ0n) is 40.0. The molecule has 3 atom stereocenters. The molecule has 3 aliphatic rings. The number of hydrogen-bond donors (Lipinski definition) is 4. The standard InChI is InChI=1S/C24H29F3N2O4.C14H16ClF3N2O2.C9H10F3N3.ClH/c1-23(2,3)33-21(30)10-14-7-9-18-22(14)17(24(25,26)27)12-20(29-18)28-13-15-6-8-16(31-4)11-19(15)32-5;1-13(2,3)22-12(21)20-9-5-4-8-11(9)7(14(16,17)18)6-10(15)19-8;10-9(11,12)4-3-7(14)15-6-2-1-5(13)8(4)6;/h6,8,11-12,14H,7,9-10,13H2,1-5H3,(H,28,29);6,9H,4-5H2,1-3H3,(H,20,21);3,5H,1-2,13H2,(H2,14,15);1H. The first-order chi connectivity index (χ1) is 32.3. The van der Waals surface area contributed by atoms with Gasteiger partial charge in [0.05, 0.1) is 43.4 Å². The van der Waals surface area contributed by atoms with Crippen LogP contribution in [-0.2, 0) is 58.6 Å². The van der Waals surface area contributed by atoms with Crippen molar-refractivity contribution in [3.63, 3.8) is 0 Å². The van der Waals surface area contributed by atoms with E-state index in [1.165, 1.54) is 14.2 Å². The molecule has 0 saturated carbocycles. The largest absolute Gasteiger partial charge is 0.497 e. The molecule has 0 radical (unpaired) electrons. The SMILES string of the molecule is CC(C)(C)OC(=O)NC1CCc2nc(Cl)cc(C(F)(F)F)c21.COc1ccc(CNc2cc(C(F)(F)F)c3c(n2)CCC3CC(=O)OC(C)(C)C)c(OC)c1.Cl.Nc1cc(C(F)(F)F)c2c(n1)CCC2N. The highest BCUT2D eigenvalue weighted by Crippen LogP contribution is 2.46. The van der Waals surface area contributed by atoms with Crippen LogP contribution in [0.25, 0.3) is 0 Å². The molecule has 1 amide bonds. The number of nitrogens with two attached hydrogens (primary N) is 2. The number of hydrogen-bond acceptors (Lipinski definition) is 12. The third-order valence-electron chi connectivity index (χ3n) is 11.0. The Labute approximate surface area is 415 Å². The first-order valence-corrected chi connectivity index (χ1v) is 22.3.